The number of carbonyl (C=O) groups excluding carboxylic acids is 1. The van der Waals surface area contributed by atoms with Gasteiger partial charge < -0.3 is 19.5 Å². The van der Waals surface area contributed by atoms with E-state index < -0.39 is 10.0 Å². The first-order valence-electron chi connectivity index (χ1n) is 11.0. The third-order valence-electron chi connectivity index (χ3n) is 5.90. The fourth-order valence-electron chi connectivity index (χ4n) is 4.29. The van der Waals surface area contributed by atoms with Crippen LogP contribution in [0.1, 0.15) is 30.1 Å². The zero-order valence-electron chi connectivity index (χ0n) is 19.0. The van der Waals surface area contributed by atoms with Crippen molar-refractivity contribution in [2.24, 2.45) is 0 Å². The van der Waals surface area contributed by atoms with Crippen LogP contribution in [-0.4, -0.2) is 68.2 Å². The lowest BCUT2D eigenvalue weighted by atomic mass is 10.0. The summed E-state index contributed by atoms with van der Waals surface area (Å²) in [6.45, 7) is 3.77. The second-order valence-corrected chi connectivity index (χ2v) is 9.98. The molecule has 3 heterocycles. The minimum absolute atomic E-state index is 0.0632. The summed E-state index contributed by atoms with van der Waals surface area (Å²) in [5, 5.41) is 0.697. The smallest absolute Gasteiger partial charge is 0.256 e. The van der Waals surface area contributed by atoms with Crippen molar-refractivity contribution in [1.29, 1.82) is 0 Å². The van der Waals surface area contributed by atoms with Gasteiger partial charge in [-0.05, 0) is 50.1 Å². The summed E-state index contributed by atoms with van der Waals surface area (Å²) in [5.41, 5.74) is 1.75. The number of sulfonamides is 1. The van der Waals surface area contributed by atoms with E-state index in [0.29, 0.717) is 36.3 Å². The molecule has 2 N–H and O–H groups in total. The second kappa shape index (κ2) is 9.30. The van der Waals surface area contributed by atoms with E-state index in [1.807, 2.05) is 31.0 Å². The van der Waals surface area contributed by atoms with Crippen molar-refractivity contribution in [3.8, 4) is 5.75 Å². The van der Waals surface area contributed by atoms with Crippen LogP contribution in [0.15, 0.2) is 42.7 Å². The Labute approximate surface area is 193 Å². The van der Waals surface area contributed by atoms with E-state index in [0.717, 1.165) is 36.2 Å². The number of H-pyrrole nitrogens is 1. The number of carbonyl (C=O) groups is 1. The normalized spacial score (nSPS) is 14.9. The number of nitrogens with one attached hydrogen (secondary N) is 2. The number of hydrogen-bond donors (Lipinski definition) is 2. The number of benzene rings is 1. The summed E-state index contributed by atoms with van der Waals surface area (Å²) in [4.78, 5) is 24.9. The van der Waals surface area contributed by atoms with E-state index in [-0.39, 0.29) is 11.9 Å². The number of hydrogen-bond acceptors (Lipinski definition) is 6. The summed E-state index contributed by atoms with van der Waals surface area (Å²) >= 11 is 0. The molecule has 0 saturated carbocycles. The third-order valence-corrected chi connectivity index (χ3v) is 6.51. The van der Waals surface area contributed by atoms with Crippen LogP contribution < -0.4 is 14.4 Å². The molecular formula is C23H29N5O4S. The Morgan fingerprint density at radius 1 is 1.30 bits per heavy atom. The molecule has 1 aliphatic rings. The van der Waals surface area contributed by atoms with Crippen molar-refractivity contribution in [2.45, 2.75) is 25.8 Å². The second-order valence-electron chi connectivity index (χ2n) is 8.23. The number of pyridine rings is 1. The van der Waals surface area contributed by atoms with Crippen LogP contribution in [0, 0.1) is 0 Å². The van der Waals surface area contributed by atoms with Crippen LogP contribution >= 0.6 is 0 Å². The third kappa shape index (κ3) is 5.05. The molecule has 1 fully saturated rings. The van der Waals surface area contributed by atoms with Gasteiger partial charge in [-0.3, -0.25) is 9.52 Å². The van der Waals surface area contributed by atoms with Gasteiger partial charge in [0.25, 0.3) is 5.91 Å². The molecule has 2 aromatic heterocycles. The first-order valence-corrected chi connectivity index (χ1v) is 12.8. The quantitative estimate of drug-likeness (QED) is 0.548. The van der Waals surface area contributed by atoms with Crippen LogP contribution in [-0.2, 0) is 10.0 Å². The topological polar surface area (TPSA) is 108 Å². The van der Waals surface area contributed by atoms with Crippen LogP contribution in [0.5, 0.6) is 5.75 Å². The maximum Gasteiger partial charge on any atom is 0.256 e. The molecule has 9 nitrogen and oxygen atoms in total. The SMILES string of the molecule is CCOc1cccnc1N(C)C1CCN(C(=O)c2c[nH]c3ccc(NS(C)(=O)=O)cc23)CC1. The Kier molecular flexibility index (Phi) is 6.46. The molecule has 3 aromatic rings. The van der Waals surface area contributed by atoms with Crippen LogP contribution in [0.25, 0.3) is 10.9 Å². The highest BCUT2D eigenvalue weighted by atomic mass is 32.2. The highest BCUT2D eigenvalue weighted by Crippen LogP contribution is 2.30. The molecular weight excluding hydrogens is 442 g/mol. The van der Waals surface area contributed by atoms with Gasteiger partial charge in [0.15, 0.2) is 11.6 Å². The van der Waals surface area contributed by atoms with Gasteiger partial charge in [0.05, 0.1) is 18.4 Å². The summed E-state index contributed by atoms with van der Waals surface area (Å²) in [6, 6.07) is 9.16. The van der Waals surface area contributed by atoms with Crippen molar-refractivity contribution in [1.82, 2.24) is 14.9 Å². The first kappa shape index (κ1) is 22.9. The molecule has 0 radical (unpaired) electrons. The minimum atomic E-state index is -3.40. The molecule has 4 rings (SSSR count). The molecule has 1 amide bonds. The highest BCUT2D eigenvalue weighted by molar-refractivity contribution is 7.92. The predicted octanol–water partition coefficient (Wildman–Crippen LogP) is 3.07. The Morgan fingerprint density at radius 3 is 2.76 bits per heavy atom. The number of anilines is 2. The molecule has 0 bridgehead atoms. The van der Waals surface area contributed by atoms with Gasteiger partial charge in [-0.25, -0.2) is 13.4 Å². The van der Waals surface area contributed by atoms with E-state index in [2.05, 4.69) is 19.6 Å². The lowest BCUT2D eigenvalue weighted by molar-refractivity contribution is 0.0715. The van der Waals surface area contributed by atoms with E-state index in [4.69, 9.17) is 4.74 Å². The van der Waals surface area contributed by atoms with Gasteiger partial charge in [-0.15, -0.1) is 0 Å². The van der Waals surface area contributed by atoms with E-state index in [1.54, 1.807) is 30.6 Å². The number of nitrogens with zero attached hydrogens (tertiary/aromatic N) is 3. The van der Waals surface area contributed by atoms with E-state index in [9.17, 15) is 13.2 Å². The largest absolute Gasteiger partial charge is 0.490 e. The predicted molar refractivity (Wildman–Crippen MR) is 129 cm³/mol. The molecule has 10 heteroatoms. The zero-order chi connectivity index (χ0) is 23.6. The number of piperidine rings is 1. The lowest BCUT2D eigenvalue weighted by Gasteiger charge is -2.37. The monoisotopic (exact) mass is 471 g/mol. The Balaban J connectivity index is 1.47. The lowest BCUT2D eigenvalue weighted by Crippen LogP contribution is -2.46. The summed E-state index contributed by atoms with van der Waals surface area (Å²) in [6.07, 6.45) is 6.18. The molecule has 0 unspecified atom stereocenters. The molecule has 1 saturated heterocycles. The van der Waals surface area contributed by atoms with Gasteiger partial charge in [0.2, 0.25) is 10.0 Å². The van der Waals surface area contributed by atoms with Gasteiger partial charge in [-0.2, -0.15) is 0 Å². The van der Waals surface area contributed by atoms with Crippen LogP contribution in [0.3, 0.4) is 0 Å². The molecule has 0 aliphatic carbocycles. The molecule has 0 atom stereocenters. The number of aromatic nitrogens is 2. The van der Waals surface area contributed by atoms with Gasteiger partial charge in [-0.1, -0.05) is 0 Å². The van der Waals surface area contributed by atoms with Gasteiger partial charge in [0.1, 0.15) is 0 Å². The Morgan fingerprint density at radius 2 is 2.06 bits per heavy atom. The average molecular weight is 472 g/mol. The fraction of sp³-hybridized carbons (Fsp3) is 0.391. The molecule has 176 valence electrons. The fourth-order valence-corrected chi connectivity index (χ4v) is 4.85. The number of ether oxygens (including phenoxy) is 1. The number of likely N-dealkylation sites (tertiary alicyclic amines) is 1. The zero-order valence-corrected chi connectivity index (χ0v) is 19.9. The summed E-state index contributed by atoms with van der Waals surface area (Å²) < 4.78 is 31.3. The number of fused-ring (bicyclic) bond motifs is 1. The van der Waals surface area contributed by atoms with Crippen LogP contribution in [0.2, 0.25) is 0 Å². The van der Waals surface area contributed by atoms with Crippen molar-refractivity contribution in [3.05, 3.63) is 48.3 Å². The van der Waals surface area contributed by atoms with Crippen molar-refractivity contribution in [2.75, 3.05) is 42.6 Å². The van der Waals surface area contributed by atoms with Crippen molar-refractivity contribution in [3.63, 3.8) is 0 Å². The van der Waals surface area contributed by atoms with Crippen LogP contribution in [0.4, 0.5) is 11.5 Å². The van der Waals surface area contributed by atoms with Gasteiger partial charge >= 0.3 is 0 Å². The first-order chi connectivity index (χ1) is 15.8. The van der Waals surface area contributed by atoms with Gasteiger partial charge in [0, 0.05) is 55.2 Å². The minimum Gasteiger partial charge on any atom is -0.490 e. The summed E-state index contributed by atoms with van der Waals surface area (Å²) in [7, 11) is -1.38. The molecule has 0 spiro atoms. The molecule has 1 aromatic carbocycles. The number of aromatic amines is 1. The van der Waals surface area contributed by atoms with E-state index in [1.165, 1.54) is 0 Å². The number of amides is 1. The Hall–Kier alpha value is -3.27. The number of rotatable bonds is 7. The maximum absolute atomic E-state index is 13.3. The molecule has 1 aliphatic heterocycles. The van der Waals surface area contributed by atoms with Crippen molar-refractivity contribution >= 4 is 38.3 Å². The Bertz CT molecular complexity index is 1250. The standard InChI is InChI=1S/C23H29N5O4S/c1-4-32-21-6-5-11-24-22(21)27(2)17-9-12-28(13-10-17)23(29)19-15-25-20-8-7-16(14-18(19)20)26-33(3,30)31/h5-8,11,14-15,17,25-26H,4,9-10,12-13H2,1-3H3. The average Bonchev–Trinajstić information content (AvgIpc) is 3.21. The summed E-state index contributed by atoms with van der Waals surface area (Å²) in [5.74, 6) is 1.51. The van der Waals surface area contributed by atoms with E-state index >= 15 is 0 Å². The van der Waals surface area contributed by atoms with Crippen molar-refractivity contribution < 1.29 is 17.9 Å². The molecule has 33 heavy (non-hydrogen) atoms. The maximum atomic E-state index is 13.3. The highest BCUT2D eigenvalue weighted by Gasteiger charge is 2.28.